The zero-order valence-corrected chi connectivity index (χ0v) is 13.8. The van der Waals surface area contributed by atoms with Gasteiger partial charge in [-0.1, -0.05) is 30.3 Å². The summed E-state index contributed by atoms with van der Waals surface area (Å²) in [5.74, 6) is 0.0298. The molecule has 5 nitrogen and oxygen atoms in total. The smallest absolute Gasteiger partial charge is 0.315 e. The third kappa shape index (κ3) is 5.87. The molecule has 2 amide bonds. The van der Waals surface area contributed by atoms with E-state index in [1.807, 2.05) is 29.6 Å². The number of hydrogen-bond acceptors (Lipinski definition) is 4. The normalized spacial score (nSPS) is 11.1. The standard InChI is InChI=1S/C15H18N2O3S2/c1-22(19,20)11-13-6-4-12(5-7-13)9-16-15(18)17-10-14-3-2-8-21-14/h2-8H,9-11H2,1H3,(H2,16,17,18). The Morgan fingerprint density at radius 3 is 2.27 bits per heavy atom. The molecule has 22 heavy (non-hydrogen) atoms. The number of amides is 2. The van der Waals surface area contributed by atoms with Gasteiger partial charge in [-0.05, 0) is 22.6 Å². The van der Waals surface area contributed by atoms with E-state index in [9.17, 15) is 13.2 Å². The van der Waals surface area contributed by atoms with Crippen LogP contribution in [0.4, 0.5) is 4.79 Å². The van der Waals surface area contributed by atoms with E-state index in [-0.39, 0.29) is 11.8 Å². The van der Waals surface area contributed by atoms with Crippen LogP contribution in [0.1, 0.15) is 16.0 Å². The molecular weight excluding hydrogens is 320 g/mol. The average molecular weight is 338 g/mol. The maximum Gasteiger partial charge on any atom is 0.315 e. The third-order valence-electron chi connectivity index (χ3n) is 2.91. The predicted molar refractivity (Wildman–Crippen MR) is 88.4 cm³/mol. The van der Waals surface area contributed by atoms with Crippen molar-refractivity contribution in [3.05, 3.63) is 57.8 Å². The van der Waals surface area contributed by atoms with E-state index < -0.39 is 9.84 Å². The van der Waals surface area contributed by atoms with Crippen molar-refractivity contribution in [3.8, 4) is 0 Å². The van der Waals surface area contributed by atoms with Crippen LogP contribution < -0.4 is 10.6 Å². The summed E-state index contributed by atoms with van der Waals surface area (Å²) in [6, 6.07) is 10.8. The summed E-state index contributed by atoms with van der Waals surface area (Å²) in [5.41, 5.74) is 1.66. The summed E-state index contributed by atoms with van der Waals surface area (Å²) < 4.78 is 22.4. The van der Waals surface area contributed by atoms with Gasteiger partial charge in [0.15, 0.2) is 9.84 Å². The van der Waals surface area contributed by atoms with Crippen molar-refractivity contribution in [1.29, 1.82) is 0 Å². The number of carbonyl (C=O) groups excluding carboxylic acids is 1. The molecule has 1 aromatic carbocycles. The molecule has 2 N–H and O–H groups in total. The molecule has 0 aliphatic heterocycles. The number of hydrogen-bond donors (Lipinski definition) is 2. The Bertz CT molecular complexity index is 708. The van der Waals surface area contributed by atoms with Crippen LogP contribution in [0.15, 0.2) is 41.8 Å². The molecule has 1 heterocycles. The van der Waals surface area contributed by atoms with E-state index in [0.29, 0.717) is 13.1 Å². The largest absolute Gasteiger partial charge is 0.334 e. The van der Waals surface area contributed by atoms with E-state index in [2.05, 4.69) is 10.6 Å². The van der Waals surface area contributed by atoms with Crippen molar-refractivity contribution in [2.24, 2.45) is 0 Å². The van der Waals surface area contributed by atoms with Crippen molar-refractivity contribution in [2.75, 3.05) is 6.26 Å². The Balaban J connectivity index is 1.77. The minimum atomic E-state index is -3.02. The maximum atomic E-state index is 11.7. The first-order chi connectivity index (χ1) is 10.4. The van der Waals surface area contributed by atoms with E-state index in [4.69, 9.17) is 0 Å². The molecule has 0 saturated heterocycles. The molecule has 0 spiro atoms. The average Bonchev–Trinajstić information content (AvgIpc) is 2.96. The van der Waals surface area contributed by atoms with Crippen LogP contribution in [0, 0.1) is 0 Å². The molecule has 118 valence electrons. The molecule has 7 heteroatoms. The van der Waals surface area contributed by atoms with Gasteiger partial charge in [0.1, 0.15) is 0 Å². The van der Waals surface area contributed by atoms with Crippen molar-refractivity contribution in [1.82, 2.24) is 10.6 Å². The molecule has 0 unspecified atom stereocenters. The highest BCUT2D eigenvalue weighted by Gasteiger charge is 2.05. The van der Waals surface area contributed by atoms with E-state index in [1.54, 1.807) is 23.5 Å². The highest BCUT2D eigenvalue weighted by molar-refractivity contribution is 7.89. The van der Waals surface area contributed by atoms with Crippen molar-refractivity contribution in [2.45, 2.75) is 18.8 Å². The van der Waals surface area contributed by atoms with E-state index >= 15 is 0 Å². The zero-order valence-electron chi connectivity index (χ0n) is 12.2. The fourth-order valence-corrected chi connectivity index (χ4v) is 3.32. The number of carbonyl (C=O) groups is 1. The van der Waals surface area contributed by atoms with Gasteiger partial charge in [0.25, 0.3) is 0 Å². The lowest BCUT2D eigenvalue weighted by atomic mass is 10.1. The maximum absolute atomic E-state index is 11.7. The van der Waals surface area contributed by atoms with Gasteiger partial charge in [-0.15, -0.1) is 11.3 Å². The molecule has 0 fully saturated rings. The molecular formula is C15H18N2O3S2. The number of thiophene rings is 1. The first-order valence-corrected chi connectivity index (χ1v) is 9.66. The molecule has 0 bridgehead atoms. The van der Waals surface area contributed by atoms with Gasteiger partial charge in [0.2, 0.25) is 0 Å². The second-order valence-electron chi connectivity index (χ2n) is 5.00. The summed E-state index contributed by atoms with van der Waals surface area (Å²) >= 11 is 1.59. The topological polar surface area (TPSA) is 75.3 Å². The van der Waals surface area contributed by atoms with Crippen LogP contribution >= 0.6 is 11.3 Å². The minimum absolute atomic E-state index is 0.0298. The molecule has 1 aromatic heterocycles. The second kappa shape index (κ2) is 7.42. The molecule has 2 rings (SSSR count). The van der Waals surface area contributed by atoms with Gasteiger partial charge in [-0.3, -0.25) is 0 Å². The summed E-state index contributed by atoms with van der Waals surface area (Å²) in [4.78, 5) is 12.8. The van der Waals surface area contributed by atoms with Crippen molar-refractivity contribution >= 4 is 27.2 Å². The molecule has 0 atom stereocenters. The fraction of sp³-hybridized carbons (Fsp3) is 0.267. The third-order valence-corrected chi connectivity index (χ3v) is 4.64. The number of sulfone groups is 1. The van der Waals surface area contributed by atoms with Gasteiger partial charge < -0.3 is 10.6 Å². The van der Waals surface area contributed by atoms with E-state index in [0.717, 1.165) is 16.0 Å². The first-order valence-electron chi connectivity index (χ1n) is 6.72. The Labute approximate surface area is 134 Å². The van der Waals surface area contributed by atoms with Crippen LogP contribution in [0.5, 0.6) is 0 Å². The Hall–Kier alpha value is -1.86. The number of nitrogens with one attached hydrogen (secondary N) is 2. The summed E-state index contributed by atoms with van der Waals surface area (Å²) in [5, 5.41) is 7.51. The van der Waals surface area contributed by atoms with Crippen molar-refractivity contribution < 1.29 is 13.2 Å². The number of urea groups is 1. The molecule has 0 radical (unpaired) electrons. The first kappa shape index (κ1) is 16.5. The number of rotatable bonds is 6. The van der Waals surface area contributed by atoms with Crippen molar-refractivity contribution in [3.63, 3.8) is 0 Å². The van der Waals surface area contributed by atoms with Crippen LogP contribution in [0.3, 0.4) is 0 Å². The lowest BCUT2D eigenvalue weighted by Crippen LogP contribution is -2.34. The Morgan fingerprint density at radius 2 is 1.68 bits per heavy atom. The summed E-state index contributed by atoms with van der Waals surface area (Å²) in [6.07, 6.45) is 1.21. The Morgan fingerprint density at radius 1 is 1.05 bits per heavy atom. The highest BCUT2D eigenvalue weighted by Crippen LogP contribution is 2.08. The van der Waals surface area contributed by atoms with E-state index in [1.165, 1.54) is 6.26 Å². The van der Waals surface area contributed by atoms with Gasteiger partial charge in [-0.2, -0.15) is 0 Å². The van der Waals surface area contributed by atoms with Crippen LogP contribution in [0.2, 0.25) is 0 Å². The van der Waals surface area contributed by atoms with Gasteiger partial charge >= 0.3 is 6.03 Å². The van der Waals surface area contributed by atoms with Crippen LogP contribution in [-0.2, 0) is 28.7 Å². The lowest BCUT2D eigenvalue weighted by Gasteiger charge is -2.07. The molecule has 2 aromatic rings. The van der Waals surface area contributed by atoms with Gasteiger partial charge in [0, 0.05) is 17.7 Å². The minimum Gasteiger partial charge on any atom is -0.334 e. The SMILES string of the molecule is CS(=O)(=O)Cc1ccc(CNC(=O)NCc2cccs2)cc1. The van der Waals surface area contributed by atoms with Crippen LogP contribution in [-0.4, -0.2) is 20.7 Å². The van der Waals surface area contributed by atoms with Gasteiger partial charge in [0.05, 0.1) is 12.3 Å². The molecule has 0 saturated carbocycles. The second-order valence-corrected chi connectivity index (χ2v) is 8.17. The monoisotopic (exact) mass is 338 g/mol. The molecule has 0 aliphatic rings. The highest BCUT2D eigenvalue weighted by atomic mass is 32.2. The number of benzene rings is 1. The zero-order chi connectivity index (χ0) is 16.0. The quantitative estimate of drug-likeness (QED) is 0.848. The fourth-order valence-electron chi connectivity index (χ4n) is 1.88. The summed E-state index contributed by atoms with van der Waals surface area (Å²) in [7, 11) is -3.02. The summed E-state index contributed by atoms with van der Waals surface area (Å²) in [6.45, 7) is 0.909. The predicted octanol–water partition coefficient (Wildman–Crippen LogP) is 2.29. The Kier molecular flexibility index (Phi) is 5.57. The van der Waals surface area contributed by atoms with Crippen LogP contribution in [0.25, 0.3) is 0 Å². The lowest BCUT2D eigenvalue weighted by molar-refractivity contribution is 0.240. The van der Waals surface area contributed by atoms with Gasteiger partial charge in [-0.25, -0.2) is 13.2 Å². The molecule has 0 aliphatic carbocycles.